The van der Waals surface area contributed by atoms with E-state index >= 15 is 0 Å². The largest absolute Gasteiger partial charge is 0.340 e. The van der Waals surface area contributed by atoms with Gasteiger partial charge in [-0.2, -0.15) is 5.10 Å². The molecule has 8 heteroatoms. The fourth-order valence-corrected chi connectivity index (χ4v) is 4.56. The van der Waals surface area contributed by atoms with Crippen LogP contribution >= 0.6 is 0 Å². The summed E-state index contributed by atoms with van der Waals surface area (Å²) >= 11 is 0. The van der Waals surface area contributed by atoms with Gasteiger partial charge in [0.1, 0.15) is 5.82 Å². The highest BCUT2D eigenvalue weighted by molar-refractivity contribution is 6.04. The highest BCUT2D eigenvalue weighted by atomic mass is 19.1. The van der Waals surface area contributed by atoms with Gasteiger partial charge in [-0.25, -0.2) is 4.39 Å². The molecule has 1 saturated carbocycles. The number of hydrogen-bond donors (Lipinski definition) is 1. The van der Waals surface area contributed by atoms with Gasteiger partial charge >= 0.3 is 0 Å². The van der Waals surface area contributed by atoms with Gasteiger partial charge in [0, 0.05) is 57.6 Å². The minimum atomic E-state index is -0.378. The van der Waals surface area contributed by atoms with Crippen molar-refractivity contribution in [3.8, 4) is 0 Å². The Kier molecular flexibility index (Phi) is 6.36. The predicted molar refractivity (Wildman–Crippen MR) is 116 cm³/mol. The van der Waals surface area contributed by atoms with Crippen LogP contribution in [0.1, 0.15) is 47.2 Å². The van der Waals surface area contributed by atoms with E-state index in [1.54, 1.807) is 17.9 Å². The van der Waals surface area contributed by atoms with Crippen LogP contribution in [-0.2, 0) is 18.4 Å². The first-order valence-electron chi connectivity index (χ1n) is 11.0. The molecule has 4 rings (SSSR count). The molecule has 1 aromatic heterocycles. The summed E-state index contributed by atoms with van der Waals surface area (Å²) in [6.45, 7) is 5.46. The molecule has 2 amide bonds. The smallest absolute Gasteiger partial charge is 0.258 e. The fourth-order valence-electron chi connectivity index (χ4n) is 4.56. The van der Waals surface area contributed by atoms with Crippen molar-refractivity contribution in [1.29, 1.82) is 0 Å². The number of aromatic nitrogens is 2. The molecule has 166 valence electrons. The SMILES string of the molecule is Cc1c(CN2CCN(C(=O)C3CCCC3)CC2)cc(F)cc1NC(=O)c1cnn(C)c1. The third-order valence-electron chi connectivity index (χ3n) is 6.48. The molecule has 0 radical (unpaired) electrons. The fraction of sp³-hybridized carbons (Fsp3) is 0.522. The van der Waals surface area contributed by atoms with Crippen LogP contribution in [0.15, 0.2) is 24.5 Å². The molecule has 1 saturated heterocycles. The molecule has 7 nitrogen and oxygen atoms in total. The van der Waals surface area contributed by atoms with Gasteiger partial charge in [0.15, 0.2) is 0 Å². The van der Waals surface area contributed by atoms with Gasteiger partial charge in [-0.1, -0.05) is 12.8 Å². The lowest BCUT2D eigenvalue weighted by Gasteiger charge is -2.36. The standard InChI is InChI=1S/C23H30FN5O2/c1-16-18(11-20(24)12-21(16)26-22(30)19-13-25-27(2)14-19)15-28-7-9-29(10-8-28)23(31)17-5-3-4-6-17/h11-14,17H,3-10,15H2,1-2H3,(H,26,30). The van der Waals surface area contributed by atoms with Crippen molar-refractivity contribution < 1.29 is 14.0 Å². The molecule has 1 N–H and O–H groups in total. The summed E-state index contributed by atoms with van der Waals surface area (Å²) in [5.74, 6) is -0.175. The predicted octanol–water partition coefficient (Wildman–Crippen LogP) is 2.95. The second kappa shape index (κ2) is 9.18. The van der Waals surface area contributed by atoms with E-state index in [4.69, 9.17) is 0 Å². The summed E-state index contributed by atoms with van der Waals surface area (Å²) in [5, 5.41) is 6.81. The minimum absolute atomic E-state index is 0.211. The minimum Gasteiger partial charge on any atom is -0.340 e. The zero-order chi connectivity index (χ0) is 22.0. The van der Waals surface area contributed by atoms with E-state index in [-0.39, 0.29) is 17.6 Å². The molecular formula is C23H30FN5O2. The second-order valence-electron chi connectivity index (χ2n) is 8.68. The van der Waals surface area contributed by atoms with Crippen LogP contribution in [0.3, 0.4) is 0 Å². The van der Waals surface area contributed by atoms with E-state index in [0.717, 1.165) is 49.9 Å². The number of carbonyl (C=O) groups excluding carboxylic acids is 2. The van der Waals surface area contributed by atoms with Crippen molar-refractivity contribution in [2.75, 3.05) is 31.5 Å². The monoisotopic (exact) mass is 427 g/mol. The Labute approximate surface area is 182 Å². The summed E-state index contributed by atoms with van der Waals surface area (Å²) in [6, 6.07) is 2.89. The molecular weight excluding hydrogens is 397 g/mol. The Morgan fingerprint density at radius 1 is 1.16 bits per heavy atom. The van der Waals surface area contributed by atoms with Gasteiger partial charge < -0.3 is 10.2 Å². The Hall–Kier alpha value is -2.74. The van der Waals surface area contributed by atoms with Crippen LogP contribution in [0.5, 0.6) is 0 Å². The molecule has 1 aliphatic heterocycles. The van der Waals surface area contributed by atoms with E-state index in [9.17, 15) is 14.0 Å². The second-order valence-corrected chi connectivity index (χ2v) is 8.68. The number of piperazine rings is 1. The van der Waals surface area contributed by atoms with Crippen LogP contribution in [0.25, 0.3) is 0 Å². The number of rotatable bonds is 5. The van der Waals surface area contributed by atoms with Crippen molar-refractivity contribution >= 4 is 17.5 Å². The first kappa shape index (κ1) is 21.5. The van der Waals surface area contributed by atoms with E-state index in [1.807, 2.05) is 11.8 Å². The maximum atomic E-state index is 14.3. The highest BCUT2D eigenvalue weighted by Gasteiger charge is 2.29. The van der Waals surface area contributed by atoms with Crippen LogP contribution in [0.2, 0.25) is 0 Å². The number of aryl methyl sites for hydroxylation is 1. The number of hydrogen-bond acceptors (Lipinski definition) is 4. The molecule has 0 spiro atoms. The normalized spacial score (nSPS) is 17.8. The molecule has 2 fully saturated rings. The Morgan fingerprint density at radius 3 is 2.52 bits per heavy atom. The van der Waals surface area contributed by atoms with Gasteiger partial charge in [-0.3, -0.25) is 19.2 Å². The van der Waals surface area contributed by atoms with E-state index in [0.29, 0.717) is 36.8 Å². The van der Waals surface area contributed by atoms with Crippen LogP contribution in [-0.4, -0.2) is 57.6 Å². The lowest BCUT2D eigenvalue weighted by Crippen LogP contribution is -2.49. The summed E-state index contributed by atoms with van der Waals surface area (Å²) in [5.41, 5.74) is 2.59. The van der Waals surface area contributed by atoms with Crippen molar-refractivity contribution in [3.63, 3.8) is 0 Å². The first-order valence-corrected chi connectivity index (χ1v) is 11.0. The number of anilines is 1. The molecule has 1 aliphatic carbocycles. The van der Waals surface area contributed by atoms with Crippen LogP contribution in [0, 0.1) is 18.7 Å². The molecule has 31 heavy (non-hydrogen) atoms. The number of nitrogens with zero attached hydrogens (tertiary/aromatic N) is 4. The molecule has 0 atom stereocenters. The quantitative estimate of drug-likeness (QED) is 0.797. The maximum absolute atomic E-state index is 14.3. The molecule has 1 aromatic carbocycles. The van der Waals surface area contributed by atoms with Gasteiger partial charge in [0.05, 0.1) is 11.8 Å². The average Bonchev–Trinajstić information content (AvgIpc) is 3.43. The number of carbonyl (C=O) groups is 2. The van der Waals surface area contributed by atoms with Crippen molar-refractivity contribution in [3.05, 3.63) is 47.0 Å². The third kappa shape index (κ3) is 4.95. The van der Waals surface area contributed by atoms with Crippen LogP contribution < -0.4 is 5.32 Å². The highest BCUT2D eigenvalue weighted by Crippen LogP contribution is 2.27. The van der Waals surface area contributed by atoms with Crippen LogP contribution in [0.4, 0.5) is 10.1 Å². The van der Waals surface area contributed by atoms with E-state index < -0.39 is 0 Å². The lowest BCUT2D eigenvalue weighted by atomic mass is 10.0. The van der Waals surface area contributed by atoms with Crippen molar-refractivity contribution in [2.45, 2.75) is 39.2 Å². The zero-order valence-corrected chi connectivity index (χ0v) is 18.2. The molecule has 0 bridgehead atoms. The molecule has 2 heterocycles. The Balaban J connectivity index is 1.38. The number of nitrogens with one attached hydrogen (secondary N) is 1. The molecule has 0 unspecified atom stereocenters. The summed E-state index contributed by atoms with van der Waals surface area (Å²) < 4.78 is 15.9. The van der Waals surface area contributed by atoms with Crippen molar-refractivity contribution in [2.24, 2.45) is 13.0 Å². The molecule has 2 aromatic rings. The van der Waals surface area contributed by atoms with Gasteiger partial charge in [0.2, 0.25) is 5.91 Å². The number of amides is 2. The third-order valence-corrected chi connectivity index (χ3v) is 6.48. The first-order chi connectivity index (χ1) is 14.9. The summed E-state index contributed by atoms with van der Waals surface area (Å²) in [4.78, 5) is 29.3. The lowest BCUT2D eigenvalue weighted by molar-refractivity contribution is -0.137. The topological polar surface area (TPSA) is 70.5 Å². The molecule has 2 aliphatic rings. The number of benzene rings is 1. The van der Waals surface area contributed by atoms with Gasteiger partial charge in [-0.05, 0) is 43.0 Å². The maximum Gasteiger partial charge on any atom is 0.258 e. The summed E-state index contributed by atoms with van der Waals surface area (Å²) in [6.07, 6.45) is 7.47. The number of halogens is 1. The van der Waals surface area contributed by atoms with Crippen molar-refractivity contribution in [1.82, 2.24) is 19.6 Å². The van der Waals surface area contributed by atoms with E-state index in [2.05, 4.69) is 15.3 Å². The Morgan fingerprint density at radius 2 is 1.87 bits per heavy atom. The Bertz CT molecular complexity index is 959. The van der Waals surface area contributed by atoms with Gasteiger partial charge in [0.25, 0.3) is 5.91 Å². The zero-order valence-electron chi connectivity index (χ0n) is 18.2. The average molecular weight is 428 g/mol. The van der Waals surface area contributed by atoms with Gasteiger partial charge in [-0.15, -0.1) is 0 Å². The van der Waals surface area contributed by atoms with E-state index in [1.165, 1.54) is 18.3 Å². The summed E-state index contributed by atoms with van der Waals surface area (Å²) in [7, 11) is 1.74.